The summed E-state index contributed by atoms with van der Waals surface area (Å²) in [4.78, 5) is 21.4. The van der Waals surface area contributed by atoms with Crippen LogP contribution in [0.15, 0.2) is 41.3 Å². The lowest BCUT2D eigenvalue weighted by atomic mass is 10.1. The molecule has 2 aromatic heterocycles. The van der Waals surface area contributed by atoms with Crippen molar-refractivity contribution in [2.24, 2.45) is 0 Å². The third-order valence-corrected chi connectivity index (χ3v) is 2.88. The Labute approximate surface area is 103 Å². The van der Waals surface area contributed by atoms with Gasteiger partial charge in [-0.05, 0) is 17.5 Å². The van der Waals surface area contributed by atoms with Gasteiger partial charge in [0.05, 0.1) is 5.39 Å². The van der Waals surface area contributed by atoms with Crippen LogP contribution in [0.1, 0.15) is 11.1 Å². The summed E-state index contributed by atoms with van der Waals surface area (Å²) < 4.78 is 0. The predicted molar refractivity (Wildman–Crippen MR) is 70.4 cm³/mol. The topological polar surface area (TPSA) is 87.6 Å². The second kappa shape index (κ2) is 4.03. The van der Waals surface area contributed by atoms with E-state index in [1.54, 1.807) is 6.20 Å². The third kappa shape index (κ3) is 1.75. The summed E-state index contributed by atoms with van der Waals surface area (Å²) in [6.07, 6.45) is 2.49. The molecular formula is C13H12N4O. The Kier molecular flexibility index (Phi) is 2.37. The minimum Gasteiger partial charge on any atom is -0.369 e. The largest absolute Gasteiger partial charge is 0.369 e. The van der Waals surface area contributed by atoms with E-state index < -0.39 is 0 Å². The molecule has 0 saturated carbocycles. The van der Waals surface area contributed by atoms with Crippen molar-refractivity contribution >= 4 is 17.0 Å². The van der Waals surface area contributed by atoms with Crippen molar-refractivity contribution in [3.63, 3.8) is 0 Å². The van der Waals surface area contributed by atoms with E-state index in [0.717, 1.165) is 11.1 Å². The minimum atomic E-state index is -0.204. The summed E-state index contributed by atoms with van der Waals surface area (Å²) in [5.74, 6) is 0.126. The lowest BCUT2D eigenvalue weighted by Crippen LogP contribution is -2.11. The van der Waals surface area contributed by atoms with Crippen LogP contribution >= 0.6 is 0 Å². The number of aromatic amines is 2. The van der Waals surface area contributed by atoms with Crippen LogP contribution in [0.5, 0.6) is 0 Å². The van der Waals surface area contributed by atoms with Gasteiger partial charge in [0, 0.05) is 6.20 Å². The van der Waals surface area contributed by atoms with Gasteiger partial charge >= 0.3 is 0 Å². The van der Waals surface area contributed by atoms with E-state index in [1.165, 1.54) is 0 Å². The number of rotatable bonds is 2. The summed E-state index contributed by atoms with van der Waals surface area (Å²) in [6, 6.07) is 9.97. The van der Waals surface area contributed by atoms with Crippen LogP contribution in [0.4, 0.5) is 5.95 Å². The molecule has 5 nitrogen and oxygen atoms in total. The molecule has 0 aliphatic heterocycles. The highest BCUT2D eigenvalue weighted by molar-refractivity contribution is 5.79. The molecule has 18 heavy (non-hydrogen) atoms. The zero-order valence-electron chi connectivity index (χ0n) is 9.60. The maximum atomic E-state index is 11.9. The molecule has 0 fully saturated rings. The molecule has 1 aromatic carbocycles. The molecule has 0 radical (unpaired) electrons. The van der Waals surface area contributed by atoms with Crippen molar-refractivity contribution in [3.8, 4) is 0 Å². The molecule has 0 spiro atoms. The highest BCUT2D eigenvalue weighted by atomic mass is 16.1. The Morgan fingerprint density at radius 2 is 2.00 bits per heavy atom. The summed E-state index contributed by atoms with van der Waals surface area (Å²) in [5, 5.41) is 0.577. The van der Waals surface area contributed by atoms with Gasteiger partial charge in [0.15, 0.2) is 0 Å². The van der Waals surface area contributed by atoms with Gasteiger partial charge in [-0.1, -0.05) is 30.3 Å². The van der Waals surface area contributed by atoms with E-state index >= 15 is 0 Å². The van der Waals surface area contributed by atoms with E-state index in [4.69, 9.17) is 5.73 Å². The van der Waals surface area contributed by atoms with Crippen LogP contribution < -0.4 is 11.3 Å². The van der Waals surface area contributed by atoms with Crippen molar-refractivity contribution in [1.29, 1.82) is 0 Å². The van der Waals surface area contributed by atoms with E-state index in [1.807, 2.05) is 30.3 Å². The molecule has 0 aliphatic rings. The normalized spacial score (nSPS) is 10.9. The number of hydrogen-bond donors (Lipinski definition) is 3. The van der Waals surface area contributed by atoms with Crippen LogP contribution in [-0.2, 0) is 6.42 Å². The first-order valence-electron chi connectivity index (χ1n) is 5.64. The molecule has 0 aliphatic carbocycles. The first kappa shape index (κ1) is 10.6. The van der Waals surface area contributed by atoms with Crippen molar-refractivity contribution in [3.05, 3.63) is 58.0 Å². The number of aromatic nitrogens is 3. The van der Waals surface area contributed by atoms with Crippen molar-refractivity contribution in [2.75, 3.05) is 5.73 Å². The van der Waals surface area contributed by atoms with Gasteiger partial charge in [-0.25, -0.2) is 0 Å². The molecule has 5 heteroatoms. The van der Waals surface area contributed by atoms with Gasteiger partial charge in [0.25, 0.3) is 5.56 Å². The van der Waals surface area contributed by atoms with Crippen LogP contribution in [0.3, 0.4) is 0 Å². The molecule has 0 unspecified atom stereocenters. The number of nitrogens with zero attached hydrogens (tertiary/aromatic N) is 1. The Morgan fingerprint density at radius 3 is 2.78 bits per heavy atom. The smallest absolute Gasteiger partial charge is 0.262 e. The van der Waals surface area contributed by atoms with Gasteiger partial charge in [-0.2, -0.15) is 4.98 Å². The van der Waals surface area contributed by atoms with Crippen LogP contribution in [0, 0.1) is 0 Å². The van der Waals surface area contributed by atoms with Gasteiger partial charge < -0.3 is 10.7 Å². The monoisotopic (exact) mass is 240 g/mol. The highest BCUT2D eigenvalue weighted by Crippen LogP contribution is 2.16. The SMILES string of the molecule is Nc1nc2[nH]cc(Cc3ccccc3)c2c(=O)[nH]1. The summed E-state index contributed by atoms with van der Waals surface area (Å²) in [6.45, 7) is 0. The Hall–Kier alpha value is -2.56. The second-order valence-electron chi connectivity index (χ2n) is 4.15. The van der Waals surface area contributed by atoms with E-state index in [9.17, 15) is 4.79 Å². The summed E-state index contributed by atoms with van der Waals surface area (Å²) >= 11 is 0. The number of nitrogens with two attached hydrogens (primary N) is 1. The molecule has 4 N–H and O–H groups in total. The number of H-pyrrole nitrogens is 2. The Morgan fingerprint density at radius 1 is 1.22 bits per heavy atom. The van der Waals surface area contributed by atoms with Crippen LogP contribution in [0.2, 0.25) is 0 Å². The van der Waals surface area contributed by atoms with Crippen molar-refractivity contribution in [2.45, 2.75) is 6.42 Å². The molecule has 0 bridgehead atoms. The standard InChI is InChI=1S/C13H12N4O/c14-13-16-11-10(12(18)17-13)9(7-15-11)6-8-4-2-1-3-5-8/h1-5,7H,6H2,(H4,14,15,16,17,18). The molecule has 3 aromatic rings. The number of nitrogen functional groups attached to an aromatic ring is 1. The fourth-order valence-electron chi connectivity index (χ4n) is 2.08. The zero-order valence-corrected chi connectivity index (χ0v) is 9.60. The Bertz CT molecular complexity index is 743. The lowest BCUT2D eigenvalue weighted by molar-refractivity contribution is 1.17. The fourth-order valence-corrected chi connectivity index (χ4v) is 2.08. The summed E-state index contributed by atoms with van der Waals surface area (Å²) in [5.41, 5.74) is 7.89. The maximum absolute atomic E-state index is 11.9. The van der Waals surface area contributed by atoms with Gasteiger partial charge in [-0.15, -0.1) is 0 Å². The quantitative estimate of drug-likeness (QED) is 0.633. The average Bonchev–Trinajstić information content (AvgIpc) is 2.73. The first-order valence-corrected chi connectivity index (χ1v) is 5.64. The average molecular weight is 240 g/mol. The number of hydrogen-bond acceptors (Lipinski definition) is 3. The summed E-state index contributed by atoms with van der Waals surface area (Å²) in [7, 11) is 0. The van der Waals surface area contributed by atoms with Crippen molar-refractivity contribution in [1.82, 2.24) is 15.0 Å². The molecule has 0 atom stereocenters. The van der Waals surface area contributed by atoms with E-state index in [-0.39, 0.29) is 11.5 Å². The van der Waals surface area contributed by atoms with Crippen molar-refractivity contribution < 1.29 is 0 Å². The molecule has 2 heterocycles. The second-order valence-corrected chi connectivity index (χ2v) is 4.15. The maximum Gasteiger partial charge on any atom is 0.262 e. The molecule has 0 amide bonds. The fraction of sp³-hybridized carbons (Fsp3) is 0.0769. The molecule has 90 valence electrons. The van der Waals surface area contributed by atoms with E-state index in [0.29, 0.717) is 17.5 Å². The first-order chi connectivity index (χ1) is 8.74. The number of benzene rings is 1. The lowest BCUT2D eigenvalue weighted by Gasteiger charge is -1.99. The molecule has 0 saturated heterocycles. The zero-order chi connectivity index (χ0) is 12.5. The van der Waals surface area contributed by atoms with Gasteiger partial charge in [-0.3, -0.25) is 9.78 Å². The van der Waals surface area contributed by atoms with Gasteiger partial charge in [0.2, 0.25) is 5.95 Å². The molecule has 3 rings (SSSR count). The third-order valence-electron chi connectivity index (χ3n) is 2.88. The highest BCUT2D eigenvalue weighted by Gasteiger charge is 2.10. The van der Waals surface area contributed by atoms with E-state index in [2.05, 4.69) is 15.0 Å². The predicted octanol–water partition coefficient (Wildman–Crippen LogP) is 1.42. The minimum absolute atomic E-state index is 0.126. The van der Waals surface area contributed by atoms with Gasteiger partial charge in [0.1, 0.15) is 5.65 Å². The van der Waals surface area contributed by atoms with Crippen LogP contribution in [0.25, 0.3) is 11.0 Å². The Balaban J connectivity index is 2.11. The molecular weight excluding hydrogens is 228 g/mol. The number of nitrogens with one attached hydrogen (secondary N) is 2. The number of anilines is 1. The van der Waals surface area contributed by atoms with Crippen LogP contribution in [-0.4, -0.2) is 15.0 Å². The number of fused-ring (bicyclic) bond motifs is 1.